The van der Waals surface area contributed by atoms with Crippen LogP contribution in [0.3, 0.4) is 0 Å². The molecule has 0 spiro atoms. The van der Waals surface area contributed by atoms with Crippen molar-refractivity contribution < 1.29 is 0 Å². The van der Waals surface area contributed by atoms with Crippen LogP contribution in [-0.2, 0) is 0 Å². The lowest BCUT2D eigenvalue weighted by atomic mass is 10.2. The molecule has 0 bridgehead atoms. The van der Waals surface area contributed by atoms with Crippen LogP contribution in [0.1, 0.15) is 0 Å². The lowest BCUT2D eigenvalue weighted by molar-refractivity contribution is 1.08. The van der Waals surface area contributed by atoms with Crippen molar-refractivity contribution in [3.8, 4) is 5.69 Å². The van der Waals surface area contributed by atoms with Gasteiger partial charge < -0.3 is 16.0 Å². The topological polar surface area (TPSA) is 57.0 Å². The molecule has 2 aromatic rings. The molecule has 0 saturated heterocycles. The van der Waals surface area contributed by atoms with Crippen LogP contribution in [0, 0.1) is 0 Å². The number of nitrogens with two attached hydrogens (primary N) is 2. The van der Waals surface area contributed by atoms with Crippen LogP contribution in [-0.4, -0.2) is 4.57 Å². The van der Waals surface area contributed by atoms with E-state index in [2.05, 4.69) is 0 Å². The van der Waals surface area contributed by atoms with E-state index < -0.39 is 0 Å². The molecule has 3 heteroatoms. The Bertz CT molecular complexity index is 404. The predicted octanol–water partition coefficient (Wildman–Crippen LogP) is 1.64. The summed E-state index contributed by atoms with van der Waals surface area (Å²) in [7, 11) is 0. The third kappa shape index (κ3) is 1.36. The van der Waals surface area contributed by atoms with E-state index in [4.69, 9.17) is 11.5 Å². The van der Waals surface area contributed by atoms with Gasteiger partial charge in [-0.25, -0.2) is 0 Å². The van der Waals surface area contributed by atoms with Gasteiger partial charge in [0.25, 0.3) is 0 Å². The summed E-state index contributed by atoms with van der Waals surface area (Å²) in [4.78, 5) is 0. The summed E-state index contributed by atoms with van der Waals surface area (Å²) < 4.78 is 1.98. The molecule has 0 atom stereocenters. The first-order chi connectivity index (χ1) is 6.27. The summed E-state index contributed by atoms with van der Waals surface area (Å²) in [6.45, 7) is 0. The first-order valence-corrected chi connectivity index (χ1v) is 4.06. The summed E-state index contributed by atoms with van der Waals surface area (Å²) in [6.07, 6.45) is 3.93. The van der Waals surface area contributed by atoms with Gasteiger partial charge in [0.05, 0.1) is 11.4 Å². The van der Waals surface area contributed by atoms with E-state index in [-0.39, 0.29) is 0 Å². The van der Waals surface area contributed by atoms with Gasteiger partial charge in [-0.1, -0.05) is 0 Å². The molecule has 0 saturated carbocycles. The highest BCUT2D eigenvalue weighted by atomic mass is 14.9. The van der Waals surface area contributed by atoms with Gasteiger partial charge in [-0.15, -0.1) is 0 Å². The van der Waals surface area contributed by atoms with E-state index in [1.807, 2.05) is 47.3 Å². The average molecular weight is 173 g/mol. The summed E-state index contributed by atoms with van der Waals surface area (Å²) in [6, 6.07) is 9.53. The van der Waals surface area contributed by atoms with Crippen LogP contribution in [0.25, 0.3) is 5.69 Å². The Balaban J connectivity index is 2.49. The van der Waals surface area contributed by atoms with Crippen molar-refractivity contribution in [1.29, 1.82) is 0 Å². The molecular formula is C10H11N3. The Labute approximate surface area is 76.6 Å². The maximum atomic E-state index is 5.69. The second kappa shape index (κ2) is 2.86. The summed E-state index contributed by atoms with van der Waals surface area (Å²) in [5.74, 6) is 0. The fraction of sp³-hybridized carbons (Fsp3) is 0. The maximum absolute atomic E-state index is 5.69. The minimum Gasteiger partial charge on any atom is -0.397 e. The molecule has 0 radical (unpaired) electrons. The molecule has 3 nitrogen and oxygen atoms in total. The zero-order valence-electron chi connectivity index (χ0n) is 7.14. The molecule has 0 fully saturated rings. The predicted molar refractivity (Wildman–Crippen MR) is 54.6 cm³/mol. The van der Waals surface area contributed by atoms with Crippen LogP contribution >= 0.6 is 0 Å². The van der Waals surface area contributed by atoms with Gasteiger partial charge in [0.1, 0.15) is 0 Å². The number of benzene rings is 1. The fourth-order valence-corrected chi connectivity index (χ4v) is 1.23. The first kappa shape index (κ1) is 7.73. The van der Waals surface area contributed by atoms with Gasteiger partial charge in [-0.3, -0.25) is 0 Å². The largest absolute Gasteiger partial charge is 0.397 e. The molecule has 13 heavy (non-hydrogen) atoms. The molecule has 0 aliphatic rings. The normalized spacial score (nSPS) is 10.2. The van der Waals surface area contributed by atoms with Crippen LogP contribution in [0.4, 0.5) is 11.4 Å². The Morgan fingerprint density at radius 3 is 2.23 bits per heavy atom. The number of rotatable bonds is 1. The van der Waals surface area contributed by atoms with Crippen LogP contribution in [0.2, 0.25) is 0 Å². The van der Waals surface area contributed by atoms with Crippen molar-refractivity contribution in [2.75, 3.05) is 11.5 Å². The zero-order valence-corrected chi connectivity index (χ0v) is 7.14. The molecule has 0 amide bonds. The van der Waals surface area contributed by atoms with E-state index >= 15 is 0 Å². The number of nitrogens with zero attached hydrogens (tertiary/aromatic N) is 1. The smallest absolute Gasteiger partial charge is 0.0568 e. The third-order valence-corrected chi connectivity index (χ3v) is 1.97. The van der Waals surface area contributed by atoms with E-state index in [9.17, 15) is 0 Å². The Morgan fingerprint density at radius 2 is 1.62 bits per heavy atom. The zero-order chi connectivity index (χ0) is 9.26. The van der Waals surface area contributed by atoms with Gasteiger partial charge in [-0.2, -0.15) is 0 Å². The number of aromatic nitrogens is 1. The number of hydrogen-bond donors (Lipinski definition) is 2. The van der Waals surface area contributed by atoms with Crippen molar-refractivity contribution >= 4 is 11.4 Å². The molecule has 4 N–H and O–H groups in total. The highest BCUT2D eigenvalue weighted by Gasteiger charge is 1.97. The molecule has 0 unspecified atom stereocenters. The highest BCUT2D eigenvalue weighted by molar-refractivity contribution is 5.66. The van der Waals surface area contributed by atoms with E-state index in [0.29, 0.717) is 11.4 Å². The second-order valence-electron chi connectivity index (χ2n) is 2.90. The van der Waals surface area contributed by atoms with Gasteiger partial charge in [0, 0.05) is 18.1 Å². The summed E-state index contributed by atoms with van der Waals surface area (Å²) in [5, 5.41) is 0. The Morgan fingerprint density at radius 1 is 0.923 bits per heavy atom. The third-order valence-electron chi connectivity index (χ3n) is 1.97. The molecule has 0 aliphatic heterocycles. The van der Waals surface area contributed by atoms with Crippen LogP contribution < -0.4 is 11.5 Å². The quantitative estimate of drug-likeness (QED) is 0.644. The van der Waals surface area contributed by atoms with Crippen molar-refractivity contribution in [3.63, 3.8) is 0 Å². The van der Waals surface area contributed by atoms with Crippen molar-refractivity contribution in [2.45, 2.75) is 0 Å². The maximum Gasteiger partial charge on any atom is 0.0568 e. The molecule has 1 aromatic carbocycles. The first-order valence-electron chi connectivity index (χ1n) is 4.06. The van der Waals surface area contributed by atoms with E-state index in [1.54, 1.807) is 0 Å². The van der Waals surface area contributed by atoms with E-state index in [1.165, 1.54) is 0 Å². The SMILES string of the molecule is Nc1ccc(-n2cccc2)cc1N. The van der Waals surface area contributed by atoms with Gasteiger partial charge in [0.2, 0.25) is 0 Å². The fourth-order valence-electron chi connectivity index (χ4n) is 1.23. The molecule has 66 valence electrons. The van der Waals surface area contributed by atoms with Crippen LogP contribution in [0.5, 0.6) is 0 Å². The Kier molecular flexibility index (Phi) is 1.70. The molecular weight excluding hydrogens is 162 g/mol. The molecule has 2 rings (SSSR count). The highest BCUT2D eigenvalue weighted by Crippen LogP contribution is 2.18. The van der Waals surface area contributed by atoms with Crippen molar-refractivity contribution in [1.82, 2.24) is 4.57 Å². The second-order valence-corrected chi connectivity index (χ2v) is 2.90. The van der Waals surface area contributed by atoms with E-state index in [0.717, 1.165) is 5.69 Å². The lowest BCUT2D eigenvalue weighted by Gasteiger charge is -2.05. The standard InChI is InChI=1S/C10H11N3/c11-9-4-3-8(7-10(9)12)13-5-1-2-6-13/h1-7H,11-12H2. The van der Waals surface area contributed by atoms with Gasteiger partial charge >= 0.3 is 0 Å². The summed E-state index contributed by atoms with van der Waals surface area (Å²) in [5.41, 5.74) is 13.6. The molecule has 1 heterocycles. The molecule has 0 aliphatic carbocycles. The van der Waals surface area contributed by atoms with Gasteiger partial charge in [0.15, 0.2) is 0 Å². The van der Waals surface area contributed by atoms with Crippen LogP contribution in [0.15, 0.2) is 42.7 Å². The lowest BCUT2D eigenvalue weighted by Crippen LogP contribution is -1.97. The monoisotopic (exact) mass is 173 g/mol. The molecule has 1 aromatic heterocycles. The number of anilines is 2. The van der Waals surface area contributed by atoms with Gasteiger partial charge in [-0.05, 0) is 30.3 Å². The number of nitrogen functional groups attached to an aromatic ring is 2. The Hall–Kier alpha value is -1.90. The summed E-state index contributed by atoms with van der Waals surface area (Å²) >= 11 is 0. The average Bonchev–Trinajstić information content (AvgIpc) is 2.62. The van der Waals surface area contributed by atoms with Crippen molar-refractivity contribution in [3.05, 3.63) is 42.7 Å². The minimum absolute atomic E-state index is 0.617. The minimum atomic E-state index is 0.617. The number of hydrogen-bond acceptors (Lipinski definition) is 2. The van der Waals surface area contributed by atoms with Crippen molar-refractivity contribution in [2.24, 2.45) is 0 Å².